The van der Waals surface area contributed by atoms with Crippen LogP contribution in [0, 0.1) is 6.92 Å². The van der Waals surface area contributed by atoms with Gasteiger partial charge in [0.15, 0.2) is 5.15 Å². The van der Waals surface area contributed by atoms with Gasteiger partial charge in [0.05, 0.1) is 5.69 Å². The Morgan fingerprint density at radius 1 is 1.41 bits per heavy atom. The van der Waals surface area contributed by atoms with E-state index in [4.69, 9.17) is 23.2 Å². The zero-order valence-corrected chi connectivity index (χ0v) is 11.7. The molecule has 1 rings (SSSR count). The highest BCUT2D eigenvalue weighted by molar-refractivity contribution is 7.90. The molecule has 0 unspecified atom stereocenters. The lowest BCUT2D eigenvalue weighted by molar-refractivity contribution is 0.586. The van der Waals surface area contributed by atoms with Crippen molar-refractivity contribution < 1.29 is 8.42 Å². The molecule has 2 N–H and O–H groups in total. The first-order valence-corrected chi connectivity index (χ1v) is 7.19. The molecule has 96 valence electrons. The zero-order valence-electron chi connectivity index (χ0n) is 9.42. The van der Waals surface area contributed by atoms with E-state index in [1.807, 2.05) is 6.92 Å². The highest BCUT2D eigenvalue weighted by atomic mass is 35.5. The summed E-state index contributed by atoms with van der Waals surface area (Å²) < 4.78 is 27.9. The summed E-state index contributed by atoms with van der Waals surface area (Å²) in [5.41, 5.74) is 0.844. The highest BCUT2D eigenvalue weighted by Gasteiger charge is 2.14. The second-order valence-corrected chi connectivity index (χ2v) is 5.67. The first-order chi connectivity index (χ1) is 7.85. The molecule has 1 aromatic rings. The van der Waals surface area contributed by atoms with Crippen molar-refractivity contribution in [2.75, 3.05) is 11.3 Å². The molecule has 0 saturated heterocycles. The average Bonchev–Trinajstić information content (AvgIpc) is 2.21. The summed E-state index contributed by atoms with van der Waals surface area (Å²) in [6, 6.07) is 1.53. The van der Waals surface area contributed by atoms with Gasteiger partial charge >= 0.3 is 0 Å². The van der Waals surface area contributed by atoms with E-state index >= 15 is 0 Å². The third kappa shape index (κ3) is 4.31. The summed E-state index contributed by atoms with van der Waals surface area (Å²) in [7, 11) is -3.62. The number of aryl methyl sites for hydroxylation is 1. The molecule has 0 aliphatic rings. The predicted molar refractivity (Wildman–Crippen MR) is 69.8 cm³/mol. The lowest BCUT2D eigenvalue weighted by Crippen LogP contribution is -2.31. The van der Waals surface area contributed by atoms with E-state index in [1.165, 1.54) is 6.07 Å². The summed E-state index contributed by atoms with van der Waals surface area (Å²) in [5.74, 6) is 0. The Labute approximate surface area is 111 Å². The van der Waals surface area contributed by atoms with Gasteiger partial charge in [0.1, 0.15) is 5.15 Å². The molecule has 0 atom stereocenters. The normalized spacial score (nSPS) is 11.5. The summed E-state index contributed by atoms with van der Waals surface area (Å²) in [6.45, 7) is 3.91. The zero-order chi connectivity index (χ0) is 13.1. The van der Waals surface area contributed by atoms with Crippen LogP contribution in [0.15, 0.2) is 6.07 Å². The summed E-state index contributed by atoms with van der Waals surface area (Å²) in [6.07, 6.45) is 0.701. The second-order valence-electron chi connectivity index (χ2n) is 3.43. The van der Waals surface area contributed by atoms with Crippen molar-refractivity contribution in [3.63, 3.8) is 0 Å². The maximum atomic E-state index is 11.6. The van der Waals surface area contributed by atoms with Crippen LogP contribution < -0.4 is 9.44 Å². The molecule has 0 radical (unpaired) electrons. The molecule has 0 spiro atoms. The van der Waals surface area contributed by atoms with E-state index in [0.717, 1.165) is 0 Å². The third-order valence-corrected chi connectivity index (χ3v) is 3.44. The first kappa shape index (κ1) is 14.5. The fourth-order valence-corrected chi connectivity index (χ4v) is 2.83. The van der Waals surface area contributed by atoms with E-state index in [1.54, 1.807) is 6.92 Å². The number of aromatic nitrogens is 1. The minimum absolute atomic E-state index is 0.0249. The lowest BCUT2D eigenvalue weighted by Gasteiger charge is -2.12. The van der Waals surface area contributed by atoms with Gasteiger partial charge < -0.3 is 0 Å². The van der Waals surface area contributed by atoms with Gasteiger partial charge in [-0.3, -0.25) is 4.72 Å². The molecule has 17 heavy (non-hydrogen) atoms. The van der Waals surface area contributed by atoms with E-state index in [2.05, 4.69) is 14.4 Å². The van der Waals surface area contributed by atoms with Crippen molar-refractivity contribution in [2.24, 2.45) is 0 Å². The number of hydrogen-bond acceptors (Lipinski definition) is 3. The molecule has 0 fully saturated rings. The Bertz CT molecular complexity index is 482. The molecule has 5 nitrogen and oxygen atoms in total. The number of pyridine rings is 1. The van der Waals surface area contributed by atoms with Crippen LogP contribution in [-0.2, 0) is 10.2 Å². The minimum Gasteiger partial charge on any atom is -0.268 e. The summed E-state index contributed by atoms with van der Waals surface area (Å²) in [5, 5.41) is 0.244. The molecule has 1 aromatic heterocycles. The molecule has 0 aliphatic heterocycles. The van der Waals surface area contributed by atoms with Gasteiger partial charge in [-0.2, -0.15) is 13.1 Å². The maximum Gasteiger partial charge on any atom is 0.299 e. The maximum absolute atomic E-state index is 11.6. The Morgan fingerprint density at radius 3 is 2.59 bits per heavy atom. The number of hydrogen-bond donors (Lipinski definition) is 2. The van der Waals surface area contributed by atoms with E-state index in [0.29, 0.717) is 18.5 Å². The van der Waals surface area contributed by atoms with Gasteiger partial charge in [0.25, 0.3) is 10.2 Å². The Kier molecular flexibility index (Phi) is 5.00. The Balaban J connectivity index is 2.96. The smallest absolute Gasteiger partial charge is 0.268 e. The van der Waals surface area contributed by atoms with Gasteiger partial charge in [0, 0.05) is 6.54 Å². The molecule has 0 amide bonds. The molecule has 1 heterocycles. The van der Waals surface area contributed by atoms with E-state index in [9.17, 15) is 8.42 Å². The van der Waals surface area contributed by atoms with E-state index < -0.39 is 10.2 Å². The topological polar surface area (TPSA) is 71.1 Å². The van der Waals surface area contributed by atoms with Crippen LogP contribution in [-0.4, -0.2) is 19.9 Å². The van der Waals surface area contributed by atoms with Crippen molar-refractivity contribution in [3.8, 4) is 0 Å². The number of nitrogens with one attached hydrogen (secondary N) is 2. The SMILES string of the molecule is CCCNS(=O)(=O)Nc1c(C)cc(Cl)nc1Cl. The molecule has 0 aromatic carbocycles. The Hall–Kier alpha value is -0.560. The van der Waals surface area contributed by atoms with Gasteiger partial charge in [-0.15, -0.1) is 0 Å². The van der Waals surface area contributed by atoms with Gasteiger partial charge in [-0.05, 0) is 25.0 Å². The van der Waals surface area contributed by atoms with Crippen LogP contribution in [0.3, 0.4) is 0 Å². The third-order valence-electron chi connectivity index (χ3n) is 1.92. The Morgan fingerprint density at radius 2 is 2.06 bits per heavy atom. The lowest BCUT2D eigenvalue weighted by atomic mass is 10.3. The molecular weight excluding hydrogens is 285 g/mol. The van der Waals surface area contributed by atoms with Gasteiger partial charge in [-0.1, -0.05) is 30.1 Å². The standard InChI is InChI=1S/C9H13Cl2N3O2S/c1-3-4-12-17(15,16)14-8-6(2)5-7(10)13-9(8)11/h5,12,14H,3-4H2,1-2H3. The quantitative estimate of drug-likeness (QED) is 0.820. The van der Waals surface area contributed by atoms with Crippen molar-refractivity contribution in [3.05, 3.63) is 21.9 Å². The largest absolute Gasteiger partial charge is 0.299 e. The number of anilines is 1. The van der Waals surface area contributed by atoms with Gasteiger partial charge in [0.2, 0.25) is 0 Å². The fourth-order valence-electron chi connectivity index (χ4n) is 1.12. The number of rotatable bonds is 5. The predicted octanol–water partition coefficient (Wildman–Crippen LogP) is 2.35. The van der Waals surface area contributed by atoms with Crippen molar-refractivity contribution in [2.45, 2.75) is 20.3 Å². The minimum atomic E-state index is -3.62. The van der Waals surface area contributed by atoms with Crippen LogP contribution in [0.2, 0.25) is 10.3 Å². The van der Waals surface area contributed by atoms with Crippen molar-refractivity contribution in [1.82, 2.24) is 9.71 Å². The summed E-state index contributed by atoms with van der Waals surface area (Å²) in [4.78, 5) is 3.77. The van der Waals surface area contributed by atoms with Crippen LogP contribution in [0.4, 0.5) is 5.69 Å². The van der Waals surface area contributed by atoms with Gasteiger partial charge in [-0.25, -0.2) is 4.98 Å². The second kappa shape index (κ2) is 5.86. The molecule has 8 heteroatoms. The molecule has 0 saturated carbocycles. The first-order valence-electron chi connectivity index (χ1n) is 4.95. The molecular formula is C9H13Cl2N3O2S. The van der Waals surface area contributed by atoms with Crippen LogP contribution in [0.25, 0.3) is 0 Å². The fraction of sp³-hybridized carbons (Fsp3) is 0.444. The average molecular weight is 298 g/mol. The van der Waals surface area contributed by atoms with Crippen LogP contribution in [0.1, 0.15) is 18.9 Å². The van der Waals surface area contributed by atoms with Crippen molar-refractivity contribution >= 4 is 39.1 Å². The number of halogens is 2. The van der Waals surface area contributed by atoms with Crippen LogP contribution in [0.5, 0.6) is 0 Å². The highest BCUT2D eigenvalue weighted by Crippen LogP contribution is 2.26. The molecule has 0 bridgehead atoms. The monoisotopic (exact) mass is 297 g/mol. The van der Waals surface area contributed by atoms with Crippen LogP contribution >= 0.6 is 23.2 Å². The number of nitrogens with zero attached hydrogens (tertiary/aromatic N) is 1. The summed E-state index contributed by atoms with van der Waals surface area (Å²) >= 11 is 11.5. The molecule has 0 aliphatic carbocycles. The van der Waals surface area contributed by atoms with Crippen molar-refractivity contribution in [1.29, 1.82) is 0 Å². The van der Waals surface area contributed by atoms with E-state index in [-0.39, 0.29) is 16.0 Å².